The summed E-state index contributed by atoms with van der Waals surface area (Å²) in [6.07, 6.45) is 13.0. The van der Waals surface area contributed by atoms with Crippen LogP contribution < -0.4 is 0 Å². The van der Waals surface area contributed by atoms with Crippen molar-refractivity contribution in [3.63, 3.8) is 0 Å². The van der Waals surface area contributed by atoms with E-state index in [0.717, 1.165) is 32.1 Å². The minimum absolute atomic E-state index is 0.00180. The molecule has 0 bridgehead atoms. The average Bonchev–Trinajstić information content (AvgIpc) is 2.86. The van der Waals surface area contributed by atoms with E-state index in [1.54, 1.807) is 21.1 Å². The average molecular weight is 544 g/mol. The fraction of sp³-hybridized carbons (Fsp3) is 0.941. The van der Waals surface area contributed by atoms with Crippen LogP contribution in [0.5, 0.6) is 0 Å². The number of ether oxygens (including phenoxy) is 1. The van der Waals surface area contributed by atoms with E-state index >= 15 is 0 Å². The standard InChI is InChI=1S/C34H57NO4/c1-22(36)39-27-14-15-32(6)25(29(27,2)3)13-16-34(8)26(32)12-11-23-24-21-31(5,28(37)35(9)38-10)18-17-30(24,4)19-20-33(23,34)7/h23-27H,11-21H2,1-10H3/t23-,24-,25?,26-,27+,30-,31+,32+,33-,34-/m1/s1. The monoisotopic (exact) mass is 543 g/mol. The Morgan fingerprint density at radius 1 is 0.744 bits per heavy atom. The quantitative estimate of drug-likeness (QED) is 0.269. The zero-order chi connectivity index (χ0) is 28.8. The van der Waals surface area contributed by atoms with Crippen molar-refractivity contribution in [3.8, 4) is 0 Å². The van der Waals surface area contributed by atoms with Crippen LogP contribution >= 0.6 is 0 Å². The highest BCUT2D eigenvalue weighted by atomic mass is 16.7. The van der Waals surface area contributed by atoms with Gasteiger partial charge in [-0.05, 0) is 116 Å². The van der Waals surface area contributed by atoms with Crippen LogP contribution in [0.25, 0.3) is 0 Å². The maximum atomic E-state index is 13.5. The SMILES string of the molecule is CON(C)C(=O)[C@@]1(C)CC[C@]2(C)CC[C@]3(C)[C@H](CC[C@@H]4[C@@]5(C)CC[C@H](OC(C)=O)C(C)(C)C5CC[C@]43C)[C@H]2C1. The number of rotatable bonds is 3. The van der Waals surface area contributed by atoms with Gasteiger partial charge >= 0.3 is 5.97 Å². The number of esters is 1. The molecular weight excluding hydrogens is 486 g/mol. The number of amides is 1. The van der Waals surface area contributed by atoms with Crippen molar-refractivity contribution < 1.29 is 19.2 Å². The minimum Gasteiger partial charge on any atom is -0.462 e. The first kappa shape index (κ1) is 29.4. The van der Waals surface area contributed by atoms with Gasteiger partial charge in [0.15, 0.2) is 0 Å². The molecule has 0 aromatic rings. The Morgan fingerprint density at radius 3 is 2.05 bits per heavy atom. The summed E-state index contributed by atoms with van der Waals surface area (Å²) in [5, 5.41) is 1.47. The van der Waals surface area contributed by atoms with Crippen LogP contribution in [0.2, 0.25) is 0 Å². The first-order valence-electron chi connectivity index (χ1n) is 16.0. The van der Waals surface area contributed by atoms with E-state index < -0.39 is 0 Å². The van der Waals surface area contributed by atoms with Crippen molar-refractivity contribution in [2.24, 2.45) is 56.2 Å². The number of carbonyl (C=O) groups excluding carboxylic acids is 2. The van der Waals surface area contributed by atoms with Gasteiger partial charge in [-0.15, -0.1) is 0 Å². The number of hydroxylamine groups is 2. The van der Waals surface area contributed by atoms with Crippen molar-refractivity contribution in [1.82, 2.24) is 5.06 Å². The molecule has 5 saturated carbocycles. The second kappa shape index (κ2) is 9.20. The van der Waals surface area contributed by atoms with Gasteiger partial charge < -0.3 is 4.74 Å². The number of fused-ring (bicyclic) bond motifs is 7. The van der Waals surface area contributed by atoms with E-state index in [2.05, 4.69) is 48.5 Å². The smallest absolute Gasteiger partial charge is 0.302 e. The summed E-state index contributed by atoms with van der Waals surface area (Å²) < 4.78 is 5.92. The Kier molecular flexibility index (Phi) is 6.93. The summed E-state index contributed by atoms with van der Waals surface area (Å²) >= 11 is 0. The lowest BCUT2D eigenvalue weighted by molar-refractivity contribution is -0.255. The zero-order valence-electron chi connectivity index (χ0n) is 26.7. The highest BCUT2D eigenvalue weighted by Gasteiger charge is 2.70. The van der Waals surface area contributed by atoms with Gasteiger partial charge in [-0.3, -0.25) is 14.4 Å². The molecular formula is C34H57NO4. The molecule has 0 aromatic heterocycles. The summed E-state index contributed by atoms with van der Waals surface area (Å²) in [7, 11) is 3.38. The third-order valence-electron chi connectivity index (χ3n) is 14.8. The molecule has 0 radical (unpaired) electrons. The second-order valence-electron chi connectivity index (χ2n) is 16.6. The van der Waals surface area contributed by atoms with Crippen molar-refractivity contribution in [1.29, 1.82) is 0 Å². The van der Waals surface area contributed by atoms with Crippen LogP contribution in [0, 0.1) is 56.2 Å². The predicted octanol–water partition coefficient (Wildman–Crippen LogP) is 7.82. The van der Waals surface area contributed by atoms with Crippen LogP contribution in [-0.4, -0.2) is 37.2 Å². The largest absolute Gasteiger partial charge is 0.462 e. The molecule has 0 aliphatic heterocycles. The normalized spacial score (nSPS) is 50.5. The van der Waals surface area contributed by atoms with Crippen LogP contribution in [0.4, 0.5) is 0 Å². The van der Waals surface area contributed by atoms with Gasteiger partial charge in [0.25, 0.3) is 5.91 Å². The molecule has 39 heavy (non-hydrogen) atoms. The van der Waals surface area contributed by atoms with Gasteiger partial charge in [-0.1, -0.05) is 48.5 Å². The lowest BCUT2D eigenvalue weighted by Gasteiger charge is -2.73. The molecule has 222 valence electrons. The summed E-state index contributed by atoms with van der Waals surface area (Å²) in [6.45, 7) is 19.0. The third kappa shape index (κ3) is 4.01. The Bertz CT molecular complexity index is 1010. The Labute approximate surface area is 238 Å². The fourth-order valence-electron chi connectivity index (χ4n) is 12.2. The van der Waals surface area contributed by atoms with Crippen molar-refractivity contribution in [2.75, 3.05) is 14.2 Å². The topological polar surface area (TPSA) is 55.8 Å². The van der Waals surface area contributed by atoms with E-state index in [4.69, 9.17) is 9.57 Å². The zero-order valence-corrected chi connectivity index (χ0v) is 26.7. The van der Waals surface area contributed by atoms with Gasteiger partial charge in [0.1, 0.15) is 6.10 Å². The number of carbonyl (C=O) groups is 2. The van der Waals surface area contributed by atoms with Gasteiger partial charge in [0.2, 0.25) is 0 Å². The summed E-state index contributed by atoms with van der Waals surface area (Å²) in [4.78, 5) is 30.8. The predicted molar refractivity (Wildman–Crippen MR) is 154 cm³/mol. The van der Waals surface area contributed by atoms with Gasteiger partial charge in [0.05, 0.1) is 7.11 Å². The molecule has 1 amide bonds. The minimum atomic E-state index is -0.340. The first-order chi connectivity index (χ1) is 18.0. The molecule has 5 fully saturated rings. The van der Waals surface area contributed by atoms with Crippen LogP contribution in [0.3, 0.4) is 0 Å². The van der Waals surface area contributed by atoms with Gasteiger partial charge in [-0.25, -0.2) is 5.06 Å². The molecule has 0 saturated heterocycles. The van der Waals surface area contributed by atoms with Gasteiger partial charge in [0, 0.05) is 24.8 Å². The third-order valence-corrected chi connectivity index (χ3v) is 14.8. The van der Waals surface area contributed by atoms with E-state index in [1.807, 2.05) is 0 Å². The molecule has 0 spiro atoms. The molecule has 5 aliphatic rings. The summed E-state index contributed by atoms with van der Waals surface area (Å²) in [5.74, 6) is 2.55. The fourth-order valence-corrected chi connectivity index (χ4v) is 12.2. The van der Waals surface area contributed by atoms with Gasteiger partial charge in [-0.2, -0.15) is 0 Å². The molecule has 10 atom stereocenters. The summed E-state index contributed by atoms with van der Waals surface area (Å²) in [6, 6.07) is 0. The highest BCUT2D eigenvalue weighted by molar-refractivity contribution is 5.81. The van der Waals surface area contributed by atoms with Crippen molar-refractivity contribution in [2.45, 2.75) is 132 Å². The molecule has 1 unspecified atom stereocenters. The first-order valence-corrected chi connectivity index (χ1v) is 16.0. The van der Waals surface area contributed by atoms with E-state index in [1.165, 1.54) is 43.6 Å². The molecule has 0 N–H and O–H groups in total. The van der Waals surface area contributed by atoms with E-state index in [9.17, 15) is 9.59 Å². The number of nitrogens with zero attached hydrogens (tertiary/aromatic N) is 1. The molecule has 5 nitrogen and oxygen atoms in total. The number of hydrogen-bond acceptors (Lipinski definition) is 4. The van der Waals surface area contributed by atoms with Crippen LogP contribution in [0.1, 0.15) is 126 Å². The lowest BCUT2D eigenvalue weighted by atomic mass is 9.31. The lowest BCUT2D eigenvalue weighted by Crippen LogP contribution is -2.67. The maximum Gasteiger partial charge on any atom is 0.302 e. The Balaban J connectivity index is 1.46. The van der Waals surface area contributed by atoms with E-state index in [0.29, 0.717) is 39.9 Å². The molecule has 5 rings (SSSR count). The molecule has 0 heterocycles. The van der Waals surface area contributed by atoms with Crippen molar-refractivity contribution in [3.05, 3.63) is 0 Å². The molecule has 5 aliphatic carbocycles. The molecule has 0 aromatic carbocycles. The molecule has 5 heteroatoms. The van der Waals surface area contributed by atoms with Crippen LogP contribution in [0.15, 0.2) is 0 Å². The van der Waals surface area contributed by atoms with Crippen molar-refractivity contribution >= 4 is 11.9 Å². The summed E-state index contributed by atoms with van der Waals surface area (Å²) in [5.41, 5.74) is 0.868. The maximum absolute atomic E-state index is 13.5. The van der Waals surface area contributed by atoms with Crippen LogP contribution in [-0.2, 0) is 19.2 Å². The Morgan fingerprint density at radius 2 is 1.41 bits per heavy atom. The number of hydrogen-bond donors (Lipinski definition) is 0. The Hall–Kier alpha value is -1.10. The highest BCUT2D eigenvalue weighted by Crippen LogP contribution is 2.77. The second-order valence-corrected chi connectivity index (χ2v) is 16.6. The van der Waals surface area contributed by atoms with E-state index in [-0.39, 0.29) is 34.2 Å².